The number of hydrogen-bond donors (Lipinski definition) is 1. The zero-order valence-corrected chi connectivity index (χ0v) is 8.27. The zero-order chi connectivity index (χ0) is 9.68. The molecule has 2 atom stereocenters. The van der Waals surface area contributed by atoms with Crippen molar-refractivity contribution >= 4 is 0 Å². The molecule has 0 aromatic carbocycles. The number of pyridine rings is 1. The Morgan fingerprint density at radius 2 is 2.15 bits per heavy atom. The third-order valence-electron chi connectivity index (χ3n) is 2.03. The first-order valence-corrected chi connectivity index (χ1v) is 4.76. The van der Waals surface area contributed by atoms with Gasteiger partial charge < -0.3 is 5.11 Å². The molecule has 0 saturated heterocycles. The van der Waals surface area contributed by atoms with Crippen LogP contribution in [-0.2, 0) is 6.42 Å². The van der Waals surface area contributed by atoms with Crippen LogP contribution in [0.15, 0.2) is 24.4 Å². The predicted octanol–water partition coefficient (Wildman–Crippen LogP) is 2.03. The molecule has 0 fully saturated rings. The lowest BCUT2D eigenvalue weighted by Crippen LogP contribution is -2.09. The summed E-state index contributed by atoms with van der Waals surface area (Å²) in [5, 5.41) is 9.18. The smallest absolute Gasteiger partial charge is 0.0514 e. The Kier molecular flexibility index (Phi) is 3.90. The first-order valence-electron chi connectivity index (χ1n) is 4.76. The highest BCUT2D eigenvalue weighted by Crippen LogP contribution is 2.11. The third-order valence-corrected chi connectivity index (χ3v) is 2.03. The Hall–Kier alpha value is -0.890. The summed E-state index contributed by atoms with van der Waals surface area (Å²) in [5.41, 5.74) is 1.11. The molecule has 0 amide bonds. The molecule has 1 aromatic rings. The SMILES string of the molecule is CC(O)CC(C)Cc1ccccn1. The van der Waals surface area contributed by atoms with E-state index in [1.165, 1.54) is 0 Å². The minimum atomic E-state index is -0.210. The zero-order valence-electron chi connectivity index (χ0n) is 8.27. The molecule has 0 saturated carbocycles. The monoisotopic (exact) mass is 179 g/mol. The van der Waals surface area contributed by atoms with Crippen molar-refractivity contribution in [2.75, 3.05) is 0 Å². The second kappa shape index (κ2) is 4.97. The molecule has 1 N–H and O–H groups in total. The first kappa shape index (κ1) is 10.2. The van der Waals surface area contributed by atoms with Crippen molar-refractivity contribution in [3.05, 3.63) is 30.1 Å². The van der Waals surface area contributed by atoms with E-state index in [-0.39, 0.29) is 6.10 Å². The van der Waals surface area contributed by atoms with Gasteiger partial charge in [-0.15, -0.1) is 0 Å². The van der Waals surface area contributed by atoms with E-state index < -0.39 is 0 Å². The number of aliphatic hydroxyl groups excluding tert-OH is 1. The summed E-state index contributed by atoms with van der Waals surface area (Å²) in [4.78, 5) is 4.24. The molecule has 1 rings (SSSR count). The van der Waals surface area contributed by atoms with Crippen LogP contribution >= 0.6 is 0 Å². The van der Waals surface area contributed by atoms with Gasteiger partial charge in [0.2, 0.25) is 0 Å². The van der Waals surface area contributed by atoms with Crippen LogP contribution in [0.2, 0.25) is 0 Å². The molecule has 0 bridgehead atoms. The predicted molar refractivity (Wildman–Crippen MR) is 53.4 cm³/mol. The molecule has 0 aliphatic heterocycles. The summed E-state index contributed by atoms with van der Waals surface area (Å²) < 4.78 is 0. The first-order chi connectivity index (χ1) is 6.18. The van der Waals surface area contributed by atoms with E-state index in [0.29, 0.717) is 5.92 Å². The van der Waals surface area contributed by atoms with Gasteiger partial charge in [0.15, 0.2) is 0 Å². The lowest BCUT2D eigenvalue weighted by atomic mass is 9.99. The summed E-state index contributed by atoms with van der Waals surface area (Å²) in [5.74, 6) is 0.495. The van der Waals surface area contributed by atoms with E-state index in [1.54, 1.807) is 0 Å². The van der Waals surface area contributed by atoms with Gasteiger partial charge in [-0.25, -0.2) is 0 Å². The summed E-state index contributed by atoms with van der Waals surface area (Å²) in [6, 6.07) is 5.94. The highest BCUT2D eigenvalue weighted by molar-refractivity contribution is 5.04. The lowest BCUT2D eigenvalue weighted by molar-refractivity contribution is 0.164. The fourth-order valence-corrected chi connectivity index (χ4v) is 1.54. The average Bonchev–Trinajstić information content (AvgIpc) is 2.04. The topological polar surface area (TPSA) is 33.1 Å². The van der Waals surface area contributed by atoms with Crippen LogP contribution in [0.1, 0.15) is 26.0 Å². The van der Waals surface area contributed by atoms with E-state index in [0.717, 1.165) is 18.5 Å². The second-order valence-corrected chi connectivity index (χ2v) is 3.72. The van der Waals surface area contributed by atoms with Crippen molar-refractivity contribution in [3.8, 4) is 0 Å². The Labute approximate surface area is 79.6 Å². The molecule has 1 heterocycles. The molecule has 2 heteroatoms. The van der Waals surface area contributed by atoms with Gasteiger partial charge in [0, 0.05) is 11.9 Å². The summed E-state index contributed by atoms with van der Waals surface area (Å²) >= 11 is 0. The number of hydrogen-bond acceptors (Lipinski definition) is 2. The molecule has 0 aliphatic rings. The maximum Gasteiger partial charge on any atom is 0.0514 e. The molecule has 2 unspecified atom stereocenters. The van der Waals surface area contributed by atoms with Crippen LogP contribution in [-0.4, -0.2) is 16.2 Å². The van der Waals surface area contributed by atoms with Gasteiger partial charge in [0.05, 0.1) is 6.10 Å². The third kappa shape index (κ3) is 4.04. The average molecular weight is 179 g/mol. The summed E-state index contributed by atoms with van der Waals surface area (Å²) in [6.45, 7) is 3.97. The lowest BCUT2D eigenvalue weighted by Gasteiger charge is -2.12. The van der Waals surface area contributed by atoms with Crippen molar-refractivity contribution in [2.45, 2.75) is 32.8 Å². The fourth-order valence-electron chi connectivity index (χ4n) is 1.54. The van der Waals surface area contributed by atoms with Gasteiger partial charge in [0.1, 0.15) is 0 Å². The molecule has 13 heavy (non-hydrogen) atoms. The normalized spacial score (nSPS) is 15.3. The Morgan fingerprint density at radius 3 is 2.69 bits per heavy atom. The van der Waals surface area contributed by atoms with Gasteiger partial charge in [-0.05, 0) is 37.8 Å². The molecule has 2 nitrogen and oxygen atoms in total. The Balaban J connectivity index is 2.41. The number of aliphatic hydroxyl groups is 1. The van der Waals surface area contributed by atoms with E-state index in [1.807, 2.05) is 31.3 Å². The Morgan fingerprint density at radius 1 is 1.38 bits per heavy atom. The quantitative estimate of drug-likeness (QED) is 0.767. The van der Waals surface area contributed by atoms with E-state index in [9.17, 15) is 5.11 Å². The van der Waals surface area contributed by atoms with Crippen LogP contribution in [0.3, 0.4) is 0 Å². The van der Waals surface area contributed by atoms with Crippen molar-refractivity contribution in [1.29, 1.82) is 0 Å². The largest absolute Gasteiger partial charge is 0.393 e. The maximum absolute atomic E-state index is 9.18. The van der Waals surface area contributed by atoms with Gasteiger partial charge in [-0.2, -0.15) is 0 Å². The highest BCUT2D eigenvalue weighted by Gasteiger charge is 2.07. The number of nitrogens with zero attached hydrogens (tertiary/aromatic N) is 1. The summed E-state index contributed by atoms with van der Waals surface area (Å²) in [7, 11) is 0. The molecule has 0 aliphatic carbocycles. The van der Waals surface area contributed by atoms with Crippen molar-refractivity contribution in [2.24, 2.45) is 5.92 Å². The molecule has 72 valence electrons. The van der Waals surface area contributed by atoms with Crippen molar-refractivity contribution in [3.63, 3.8) is 0 Å². The van der Waals surface area contributed by atoms with Crippen molar-refractivity contribution < 1.29 is 5.11 Å². The number of rotatable bonds is 4. The minimum absolute atomic E-state index is 0.210. The number of aromatic nitrogens is 1. The van der Waals surface area contributed by atoms with Gasteiger partial charge in [-0.1, -0.05) is 13.0 Å². The van der Waals surface area contributed by atoms with E-state index in [4.69, 9.17) is 0 Å². The highest BCUT2D eigenvalue weighted by atomic mass is 16.3. The van der Waals surface area contributed by atoms with E-state index >= 15 is 0 Å². The minimum Gasteiger partial charge on any atom is -0.393 e. The van der Waals surface area contributed by atoms with Gasteiger partial charge in [0.25, 0.3) is 0 Å². The van der Waals surface area contributed by atoms with Crippen LogP contribution in [0, 0.1) is 5.92 Å². The van der Waals surface area contributed by atoms with Gasteiger partial charge in [-0.3, -0.25) is 4.98 Å². The molecule has 0 spiro atoms. The standard InChI is InChI=1S/C11H17NO/c1-9(7-10(2)13)8-11-5-3-4-6-12-11/h3-6,9-10,13H,7-8H2,1-2H3. The van der Waals surface area contributed by atoms with Crippen LogP contribution in [0.5, 0.6) is 0 Å². The molecular weight excluding hydrogens is 162 g/mol. The van der Waals surface area contributed by atoms with Gasteiger partial charge >= 0.3 is 0 Å². The van der Waals surface area contributed by atoms with Crippen molar-refractivity contribution in [1.82, 2.24) is 4.98 Å². The maximum atomic E-state index is 9.18. The molecule has 0 radical (unpaired) electrons. The van der Waals surface area contributed by atoms with E-state index in [2.05, 4.69) is 11.9 Å². The van der Waals surface area contributed by atoms with Crippen LogP contribution < -0.4 is 0 Å². The fraction of sp³-hybridized carbons (Fsp3) is 0.545. The summed E-state index contributed by atoms with van der Waals surface area (Å²) in [6.07, 6.45) is 3.39. The second-order valence-electron chi connectivity index (χ2n) is 3.72. The Bertz CT molecular complexity index is 233. The van der Waals surface area contributed by atoms with Crippen LogP contribution in [0.25, 0.3) is 0 Å². The molecular formula is C11H17NO. The molecule has 1 aromatic heterocycles. The van der Waals surface area contributed by atoms with Crippen LogP contribution in [0.4, 0.5) is 0 Å².